The summed E-state index contributed by atoms with van der Waals surface area (Å²) in [4.78, 5) is 12.3. The summed E-state index contributed by atoms with van der Waals surface area (Å²) in [6.45, 7) is 4.71. The van der Waals surface area contributed by atoms with Crippen molar-refractivity contribution in [3.05, 3.63) is 69.6 Å². The fraction of sp³-hybridized carbons (Fsp3) is 0.158. The molecule has 1 fully saturated rings. The number of thiocarbonyl (C=S) groups is 1. The highest BCUT2D eigenvalue weighted by Crippen LogP contribution is 2.26. The largest absolute Gasteiger partial charge is 0.489 e. The van der Waals surface area contributed by atoms with Crippen LogP contribution in [0.3, 0.4) is 0 Å². The average Bonchev–Trinajstić information content (AvgIpc) is 2.87. The Morgan fingerprint density at radius 1 is 1.17 bits per heavy atom. The minimum Gasteiger partial charge on any atom is -0.489 e. The lowest BCUT2D eigenvalue weighted by Crippen LogP contribution is -2.17. The number of rotatable bonds is 4. The van der Waals surface area contributed by atoms with E-state index in [1.807, 2.05) is 30.3 Å². The van der Waals surface area contributed by atoms with Gasteiger partial charge in [0.2, 0.25) is 0 Å². The Labute approximate surface area is 151 Å². The van der Waals surface area contributed by atoms with Crippen LogP contribution < -0.4 is 10.1 Å². The number of hydrogen-bond donors (Lipinski definition) is 1. The van der Waals surface area contributed by atoms with Crippen molar-refractivity contribution in [1.29, 1.82) is 0 Å². The van der Waals surface area contributed by atoms with E-state index in [0.29, 0.717) is 15.8 Å². The molecule has 1 heterocycles. The molecule has 1 saturated heterocycles. The van der Waals surface area contributed by atoms with Gasteiger partial charge in [0.25, 0.3) is 5.91 Å². The third-order valence-electron chi connectivity index (χ3n) is 3.72. The SMILES string of the molecule is Cc1ccc(C)c(COc2ccc(C=C3SC(=S)NC3=O)cc2)c1. The minimum absolute atomic E-state index is 0.139. The van der Waals surface area contributed by atoms with Gasteiger partial charge in [-0.3, -0.25) is 4.79 Å². The summed E-state index contributed by atoms with van der Waals surface area (Å²) in [5.74, 6) is 0.664. The third kappa shape index (κ3) is 4.04. The predicted octanol–water partition coefficient (Wildman–Crippen LogP) is 4.37. The molecule has 3 nitrogen and oxygen atoms in total. The van der Waals surface area contributed by atoms with E-state index in [2.05, 4.69) is 37.4 Å². The summed E-state index contributed by atoms with van der Waals surface area (Å²) in [5, 5.41) is 2.61. The molecule has 0 aliphatic carbocycles. The Hall–Kier alpha value is -2.11. The zero-order valence-corrected chi connectivity index (χ0v) is 15.1. The maximum Gasteiger partial charge on any atom is 0.263 e. The van der Waals surface area contributed by atoms with Gasteiger partial charge in [-0.05, 0) is 48.7 Å². The summed E-state index contributed by atoms with van der Waals surface area (Å²) < 4.78 is 6.36. The molecule has 24 heavy (non-hydrogen) atoms. The van der Waals surface area contributed by atoms with Crippen molar-refractivity contribution in [3.63, 3.8) is 0 Å². The number of amides is 1. The van der Waals surface area contributed by atoms with Gasteiger partial charge in [0.1, 0.15) is 16.7 Å². The van der Waals surface area contributed by atoms with Crippen molar-refractivity contribution < 1.29 is 9.53 Å². The Morgan fingerprint density at radius 3 is 2.58 bits per heavy atom. The van der Waals surface area contributed by atoms with Crippen molar-refractivity contribution in [2.45, 2.75) is 20.5 Å². The van der Waals surface area contributed by atoms with Gasteiger partial charge in [0.15, 0.2) is 0 Å². The van der Waals surface area contributed by atoms with E-state index in [4.69, 9.17) is 17.0 Å². The summed E-state index contributed by atoms with van der Waals surface area (Å²) >= 11 is 6.26. The van der Waals surface area contributed by atoms with Crippen LogP contribution in [0.25, 0.3) is 6.08 Å². The van der Waals surface area contributed by atoms with Crippen molar-refractivity contribution in [3.8, 4) is 5.75 Å². The molecule has 0 bridgehead atoms. The van der Waals surface area contributed by atoms with Crippen LogP contribution in [0.5, 0.6) is 5.75 Å². The highest BCUT2D eigenvalue weighted by Gasteiger charge is 2.21. The van der Waals surface area contributed by atoms with Crippen LogP contribution in [0.4, 0.5) is 0 Å². The normalized spacial score (nSPS) is 15.7. The molecule has 2 aromatic carbocycles. The summed E-state index contributed by atoms with van der Waals surface area (Å²) in [7, 11) is 0. The van der Waals surface area contributed by atoms with Gasteiger partial charge in [-0.25, -0.2) is 0 Å². The van der Waals surface area contributed by atoms with E-state index in [9.17, 15) is 4.79 Å². The van der Waals surface area contributed by atoms with Crippen molar-refractivity contribution in [2.24, 2.45) is 0 Å². The van der Waals surface area contributed by atoms with Crippen LogP contribution in [0.2, 0.25) is 0 Å². The van der Waals surface area contributed by atoms with Crippen LogP contribution >= 0.6 is 24.0 Å². The standard InChI is InChI=1S/C19H17NO2S2/c1-12-3-4-13(2)15(9-12)11-22-16-7-5-14(6-8-16)10-17-18(21)20-19(23)24-17/h3-10H,11H2,1-2H3,(H,20,21,23). The number of aryl methyl sites for hydroxylation is 2. The molecule has 3 rings (SSSR count). The molecule has 1 aliphatic heterocycles. The number of carbonyl (C=O) groups is 1. The van der Waals surface area contributed by atoms with Crippen LogP contribution in [-0.2, 0) is 11.4 Å². The number of carbonyl (C=O) groups excluding carboxylic acids is 1. The monoisotopic (exact) mass is 355 g/mol. The van der Waals surface area contributed by atoms with E-state index in [-0.39, 0.29) is 5.91 Å². The molecule has 0 radical (unpaired) electrons. The van der Waals surface area contributed by atoms with Gasteiger partial charge in [-0.2, -0.15) is 0 Å². The molecular formula is C19H17NO2S2. The molecule has 1 aliphatic rings. The first-order chi connectivity index (χ1) is 11.5. The first-order valence-corrected chi connectivity index (χ1v) is 8.77. The van der Waals surface area contributed by atoms with Gasteiger partial charge in [0, 0.05) is 0 Å². The van der Waals surface area contributed by atoms with Crippen molar-refractivity contribution in [1.82, 2.24) is 5.32 Å². The quantitative estimate of drug-likeness (QED) is 0.653. The lowest BCUT2D eigenvalue weighted by molar-refractivity contribution is -0.115. The molecule has 1 amide bonds. The zero-order valence-electron chi connectivity index (χ0n) is 13.5. The van der Waals surface area contributed by atoms with Crippen LogP contribution in [0, 0.1) is 13.8 Å². The van der Waals surface area contributed by atoms with E-state index in [0.717, 1.165) is 11.3 Å². The van der Waals surface area contributed by atoms with Crippen LogP contribution in [0.1, 0.15) is 22.3 Å². The van der Waals surface area contributed by atoms with Gasteiger partial charge >= 0.3 is 0 Å². The Balaban J connectivity index is 1.67. The van der Waals surface area contributed by atoms with Gasteiger partial charge in [-0.1, -0.05) is 59.9 Å². The molecule has 0 atom stereocenters. The fourth-order valence-electron chi connectivity index (χ4n) is 2.35. The molecule has 0 saturated carbocycles. The lowest BCUT2D eigenvalue weighted by atomic mass is 10.1. The molecule has 122 valence electrons. The summed E-state index contributed by atoms with van der Waals surface area (Å²) in [6, 6.07) is 14.0. The molecule has 0 unspecified atom stereocenters. The second-order valence-corrected chi connectivity index (χ2v) is 7.36. The highest BCUT2D eigenvalue weighted by atomic mass is 32.2. The molecule has 0 aromatic heterocycles. The molecule has 0 spiro atoms. The van der Waals surface area contributed by atoms with E-state index >= 15 is 0 Å². The second-order valence-electron chi connectivity index (χ2n) is 5.64. The Morgan fingerprint density at radius 2 is 1.92 bits per heavy atom. The maximum absolute atomic E-state index is 11.7. The minimum atomic E-state index is -0.139. The summed E-state index contributed by atoms with van der Waals surface area (Å²) in [6.07, 6.45) is 1.83. The topological polar surface area (TPSA) is 38.3 Å². The third-order valence-corrected chi connectivity index (χ3v) is 4.88. The maximum atomic E-state index is 11.7. The number of thioether (sulfide) groups is 1. The van der Waals surface area contributed by atoms with E-state index < -0.39 is 0 Å². The van der Waals surface area contributed by atoms with Crippen LogP contribution in [0.15, 0.2) is 47.4 Å². The number of ether oxygens (including phenoxy) is 1. The first kappa shape index (κ1) is 16.7. The second kappa shape index (κ2) is 7.20. The molecule has 5 heteroatoms. The van der Waals surface area contributed by atoms with Crippen molar-refractivity contribution in [2.75, 3.05) is 0 Å². The smallest absolute Gasteiger partial charge is 0.263 e. The number of hydrogen-bond acceptors (Lipinski definition) is 4. The first-order valence-electron chi connectivity index (χ1n) is 7.55. The van der Waals surface area contributed by atoms with Gasteiger partial charge in [0.05, 0.1) is 4.91 Å². The number of benzene rings is 2. The Bertz CT molecular complexity index is 826. The highest BCUT2D eigenvalue weighted by molar-refractivity contribution is 8.26. The predicted molar refractivity (Wildman–Crippen MR) is 103 cm³/mol. The zero-order chi connectivity index (χ0) is 17.1. The fourth-order valence-corrected chi connectivity index (χ4v) is 3.39. The molecule has 1 N–H and O–H groups in total. The summed E-state index contributed by atoms with van der Waals surface area (Å²) in [5.41, 5.74) is 4.58. The van der Waals surface area contributed by atoms with Gasteiger partial charge in [-0.15, -0.1) is 0 Å². The van der Waals surface area contributed by atoms with E-state index in [1.54, 1.807) is 0 Å². The number of nitrogens with one attached hydrogen (secondary N) is 1. The van der Waals surface area contributed by atoms with E-state index in [1.165, 1.54) is 28.5 Å². The Kier molecular flexibility index (Phi) is 5.02. The molecule has 2 aromatic rings. The van der Waals surface area contributed by atoms with Gasteiger partial charge < -0.3 is 10.1 Å². The molecular weight excluding hydrogens is 338 g/mol. The van der Waals surface area contributed by atoms with Crippen LogP contribution in [-0.4, -0.2) is 10.2 Å². The average molecular weight is 355 g/mol. The van der Waals surface area contributed by atoms with Crippen molar-refractivity contribution >= 4 is 40.3 Å². The lowest BCUT2D eigenvalue weighted by Gasteiger charge is -2.10.